The molecule has 2 aliphatic heterocycles. The maximum Gasteiger partial charge on any atom is 0.246 e. The zero-order valence-corrected chi connectivity index (χ0v) is 18.5. The van der Waals surface area contributed by atoms with Crippen LogP contribution in [-0.2, 0) is 33.9 Å². The number of nitrogens with one attached hydrogen (secondary N) is 3. The van der Waals surface area contributed by atoms with Gasteiger partial charge in [0, 0.05) is 39.0 Å². The number of carbonyl (C=O) groups excluding carboxylic acids is 3. The van der Waals surface area contributed by atoms with Gasteiger partial charge in [-0.2, -0.15) is 0 Å². The van der Waals surface area contributed by atoms with Crippen LogP contribution in [0, 0.1) is 0 Å². The molecule has 1 aromatic carbocycles. The number of aromatic nitrogens is 3. The van der Waals surface area contributed by atoms with Gasteiger partial charge in [0.25, 0.3) is 0 Å². The number of nitrogens with zero attached hydrogens (tertiary/aromatic N) is 4. The lowest BCUT2D eigenvalue weighted by atomic mass is 10.0. The van der Waals surface area contributed by atoms with Crippen LogP contribution in [0.4, 0.5) is 0 Å². The van der Waals surface area contributed by atoms with Gasteiger partial charge in [-0.3, -0.25) is 19.1 Å². The van der Waals surface area contributed by atoms with Crippen molar-refractivity contribution in [2.75, 3.05) is 19.6 Å². The summed E-state index contributed by atoms with van der Waals surface area (Å²) in [5.74, 6) is -0.687. The van der Waals surface area contributed by atoms with E-state index in [-0.39, 0.29) is 43.1 Å². The number of amides is 3. The van der Waals surface area contributed by atoms with Gasteiger partial charge in [-0.25, -0.2) is 0 Å². The summed E-state index contributed by atoms with van der Waals surface area (Å²) in [6.07, 6.45) is 2.98. The topological polar surface area (TPSA) is 121 Å². The SMILES string of the molecule is Cl.O=C1CCCn2cc(nn2)CNC(=O)[C@H]2CNCCN2C(=O)C(Cc2ccccc2)N1. The standard InChI is InChI=1S/C21H27N7O3.ClH/c29-19-7-4-9-27-14-16(25-26-27)12-23-20(30)18-13-22-8-10-28(18)21(31)17(24-19)11-15-5-2-1-3-6-15;/h1-3,5-6,14,17-18,22H,4,7-13H2,(H,23,30)(H,24,29);1H/t17?,18-;/m1./s1. The zero-order valence-electron chi connectivity index (χ0n) is 17.7. The van der Waals surface area contributed by atoms with Crippen LogP contribution in [0.5, 0.6) is 0 Å². The van der Waals surface area contributed by atoms with Gasteiger partial charge in [0.15, 0.2) is 0 Å². The van der Waals surface area contributed by atoms with Crippen LogP contribution in [0.25, 0.3) is 0 Å². The average Bonchev–Trinajstić information content (AvgIpc) is 3.24. The molecule has 2 bridgehead atoms. The molecular weight excluding hydrogens is 434 g/mol. The summed E-state index contributed by atoms with van der Waals surface area (Å²) < 4.78 is 1.66. The fourth-order valence-corrected chi connectivity index (χ4v) is 3.94. The lowest BCUT2D eigenvalue weighted by Crippen LogP contribution is -2.63. The minimum Gasteiger partial charge on any atom is -0.348 e. The fraction of sp³-hybridized carbons (Fsp3) is 0.476. The molecule has 2 atom stereocenters. The van der Waals surface area contributed by atoms with Gasteiger partial charge in [0.2, 0.25) is 17.7 Å². The van der Waals surface area contributed by atoms with E-state index >= 15 is 0 Å². The Hall–Kier alpha value is -2.98. The summed E-state index contributed by atoms with van der Waals surface area (Å²) in [7, 11) is 0. The van der Waals surface area contributed by atoms with Crippen LogP contribution in [0.3, 0.4) is 0 Å². The molecule has 1 fully saturated rings. The summed E-state index contributed by atoms with van der Waals surface area (Å²) in [5, 5.41) is 17.1. The first-order chi connectivity index (χ1) is 15.1. The number of hydrogen-bond acceptors (Lipinski definition) is 6. The maximum absolute atomic E-state index is 13.5. The monoisotopic (exact) mass is 461 g/mol. The largest absolute Gasteiger partial charge is 0.348 e. The molecule has 0 aliphatic carbocycles. The second-order valence-electron chi connectivity index (χ2n) is 7.86. The van der Waals surface area contributed by atoms with Crippen LogP contribution in [0.2, 0.25) is 0 Å². The molecule has 3 amide bonds. The highest BCUT2D eigenvalue weighted by Crippen LogP contribution is 2.12. The summed E-state index contributed by atoms with van der Waals surface area (Å²) in [6.45, 7) is 2.12. The highest BCUT2D eigenvalue weighted by atomic mass is 35.5. The summed E-state index contributed by atoms with van der Waals surface area (Å²) in [6, 6.07) is 8.19. The number of halogens is 1. The molecule has 11 heteroatoms. The molecule has 4 rings (SSSR count). The summed E-state index contributed by atoms with van der Waals surface area (Å²) in [4.78, 5) is 40.6. The normalized spacial score (nSPS) is 22.5. The van der Waals surface area contributed by atoms with Crippen molar-refractivity contribution >= 4 is 30.1 Å². The van der Waals surface area contributed by atoms with E-state index in [2.05, 4.69) is 26.3 Å². The second-order valence-corrected chi connectivity index (χ2v) is 7.86. The Bertz CT molecular complexity index is 936. The lowest BCUT2D eigenvalue weighted by molar-refractivity contribution is -0.144. The minimum absolute atomic E-state index is 0. The van der Waals surface area contributed by atoms with Crippen molar-refractivity contribution in [2.24, 2.45) is 0 Å². The van der Waals surface area contributed by atoms with E-state index in [1.165, 1.54) is 0 Å². The first-order valence-electron chi connectivity index (χ1n) is 10.6. The Morgan fingerprint density at radius 3 is 2.72 bits per heavy atom. The summed E-state index contributed by atoms with van der Waals surface area (Å²) >= 11 is 0. The first-order valence-corrected chi connectivity index (χ1v) is 10.6. The Kier molecular flexibility index (Phi) is 8.18. The molecule has 0 spiro atoms. The van der Waals surface area contributed by atoms with E-state index in [1.54, 1.807) is 15.8 Å². The van der Waals surface area contributed by atoms with Crippen LogP contribution >= 0.6 is 12.4 Å². The number of rotatable bonds is 2. The first kappa shape index (κ1) is 23.7. The molecule has 2 aromatic rings. The third-order valence-corrected chi connectivity index (χ3v) is 5.57. The van der Waals surface area contributed by atoms with E-state index in [4.69, 9.17) is 0 Å². The highest BCUT2D eigenvalue weighted by molar-refractivity contribution is 5.92. The van der Waals surface area contributed by atoms with E-state index < -0.39 is 12.1 Å². The van der Waals surface area contributed by atoms with Gasteiger partial charge in [0.05, 0.1) is 12.7 Å². The Morgan fingerprint density at radius 1 is 1.09 bits per heavy atom. The number of carbonyl (C=O) groups is 3. The fourth-order valence-electron chi connectivity index (χ4n) is 3.94. The maximum atomic E-state index is 13.5. The average molecular weight is 462 g/mol. The van der Waals surface area contributed by atoms with Crippen molar-refractivity contribution in [1.29, 1.82) is 0 Å². The number of benzene rings is 1. The van der Waals surface area contributed by atoms with E-state index in [1.807, 2.05) is 30.3 Å². The summed E-state index contributed by atoms with van der Waals surface area (Å²) in [5.41, 5.74) is 1.58. The molecule has 32 heavy (non-hydrogen) atoms. The smallest absolute Gasteiger partial charge is 0.246 e. The van der Waals surface area contributed by atoms with Crippen molar-refractivity contribution in [3.63, 3.8) is 0 Å². The Balaban J connectivity index is 0.00000289. The minimum atomic E-state index is -0.731. The van der Waals surface area contributed by atoms with Crippen LogP contribution in [0.15, 0.2) is 36.5 Å². The molecule has 0 saturated carbocycles. The lowest BCUT2D eigenvalue weighted by Gasteiger charge is -2.37. The number of piperazine rings is 1. The molecule has 3 N–H and O–H groups in total. The third kappa shape index (κ3) is 5.83. The van der Waals surface area contributed by atoms with E-state index in [0.717, 1.165) is 5.56 Å². The van der Waals surface area contributed by atoms with Crippen molar-refractivity contribution in [3.05, 3.63) is 47.8 Å². The predicted molar refractivity (Wildman–Crippen MR) is 119 cm³/mol. The zero-order chi connectivity index (χ0) is 21.6. The van der Waals surface area contributed by atoms with Gasteiger partial charge in [0.1, 0.15) is 17.8 Å². The number of fused-ring (bicyclic) bond motifs is 3. The molecule has 10 nitrogen and oxygen atoms in total. The molecule has 172 valence electrons. The van der Waals surface area contributed by atoms with Gasteiger partial charge < -0.3 is 20.9 Å². The molecule has 1 unspecified atom stereocenters. The van der Waals surface area contributed by atoms with Crippen molar-refractivity contribution in [2.45, 2.75) is 44.4 Å². The van der Waals surface area contributed by atoms with Gasteiger partial charge in [-0.1, -0.05) is 35.5 Å². The number of hydrogen-bond donors (Lipinski definition) is 3. The predicted octanol–water partition coefficient (Wildman–Crippen LogP) is -0.362. The van der Waals surface area contributed by atoms with Crippen molar-refractivity contribution in [3.8, 4) is 0 Å². The third-order valence-electron chi connectivity index (χ3n) is 5.57. The van der Waals surface area contributed by atoms with Gasteiger partial charge in [-0.15, -0.1) is 17.5 Å². The Morgan fingerprint density at radius 2 is 1.91 bits per heavy atom. The van der Waals surface area contributed by atoms with Crippen molar-refractivity contribution < 1.29 is 14.4 Å². The molecule has 1 saturated heterocycles. The molecule has 2 aliphatic rings. The molecule has 3 heterocycles. The van der Waals surface area contributed by atoms with Crippen LogP contribution in [-0.4, -0.2) is 69.3 Å². The second kappa shape index (κ2) is 11.1. The van der Waals surface area contributed by atoms with E-state index in [0.29, 0.717) is 44.7 Å². The number of aryl methyl sites for hydroxylation is 1. The Labute approximate surface area is 192 Å². The quantitative estimate of drug-likeness (QED) is 0.561. The van der Waals surface area contributed by atoms with Gasteiger partial charge in [-0.05, 0) is 12.0 Å². The van der Waals surface area contributed by atoms with Crippen LogP contribution < -0.4 is 16.0 Å². The molecular formula is C21H28ClN7O3. The molecule has 0 radical (unpaired) electrons. The van der Waals surface area contributed by atoms with Gasteiger partial charge >= 0.3 is 0 Å². The van der Waals surface area contributed by atoms with Crippen molar-refractivity contribution in [1.82, 2.24) is 35.8 Å². The van der Waals surface area contributed by atoms with Crippen LogP contribution in [0.1, 0.15) is 24.1 Å². The highest BCUT2D eigenvalue weighted by Gasteiger charge is 2.36. The molecule has 1 aromatic heterocycles. The van der Waals surface area contributed by atoms with E-state index in [9.17, 15) is 14.4 Å².